The van der Waals surface area contributed by atoms with Crippen LogP contribution in [0.5, 0.6) is 0 Å². The standard InChI is InChI=1S/C9H11N/c1-2-6-9-8(4-1)5-3-7-10-9/h1-2,6-8H,3-5H2. The van der Waals surface area contributed by atoms with E-state index in [1.807, 2.05) is 6.21 Å². The minimum Gasteiger partial charge on any atom is -0.265 e. The molecule has 0 amide bonds. The first-order valence-electron chi connectivity index (χ1n) is 3.86. The van der Waals surface area contributed by atoms with E-state index in [4.69, 9.17) is 0 Å². The van der Waals surface area contributed by atoms with Crippen LogP contribution >= 0.6 is 0 Å². The van der Waals surface area contributed by atoms with Gasteiger partial charge in [0.25, 0.3) is 0 Å². The third-order valence-corrected chi connectivity index (χ3v) is 2.13. The molecule has 0 aromatic heterocycles. The average molecular weight is 133 g/mol. The van der Waals surface area contributed by atoms with Crippen molar-refractivity contribution in [3.63, 3.8) is 0 Å². The number of aliphatic imine (C=N–C) groups is 1. The van der Waals surface area contributed by atoms with Gasteiger partial charge >= 0.3 is 0 Å². The van der Waals surface area contributed by atoms with Gasteiger partial charge in [0.15, 0.2) is 0 Å². The van der Waals surface area contributed by atoms with Gasteiger partial charge in [-0.1, -0.05) is 12.2 Å². The Balaban J connectivity index is 2.27. The lowest BCUT2D eigenvalue weighted by molar-refractivity contribution is 0.559. The SMILES string of the molecule is C1=CCC2CCC=NC2=C1. The molecule has 1 aliphatic heterocycles. The van der Waals surface area contributed by atoms with Crippen LogP contribution in [0.4, 0.5) is 0 Å². The Bertz CT molecular complexity index is 211. The Morgan fingerprint density at radius 2 is 2.50 bits per heavy atom. The summed E-state index contributed by atoms with van der Waals surface area (Å²) in [4.78, 5) is 4.34. The second-order valence-corrected chi connectivity index (χ2v) is 2.84. The predicted octanol–water partition coefficient (Wildman–Crippen LogP) is 2.31. The molecule has 52 valence electrons. The lowest BCUT2D eigenvalue weighted by atomic mass is 9.91. The van der Waals surface area contributed by atoms with Gasteiger partial charge in [0.1, 0.15) is 0 Å². The number of allylic oxidation sites excluding steroid dienone is 4. The fraction of sp³-hybridized carbons (Fsp3) is 0.444. The molecule has 1 nitrogen and oxygen atoms in total. The second kappa shape index (κ2) is 2.41. The number of fused-ring (bicyclic) bond motifs is 1. The lowest BCUT2D eigenvalue weighted by Crippen LogP contribution is -2.08. The summed E-state index contributed by atoms with van der Waals surface area (Å²) in [6.45, 7) is 0. The van der Waals surface area contributed by atoms with Crippen molar-refractivity contribution in [1.82, 2.24) is 0 Å². The zero-order valence-corrected chi connectivity index (χ0v) is 5.96. The Kier molecular flexibility index (Phi) is 1.42. The van der Waals surface area contributed by atoms with Crippen LogP contribution in [0.1, 0.15) is 19.3 Å². The molecule has 0 aromatic carbocycles. The average Bonchev–Trinajstić information content (AvgIpc) is 2.05. The molecule has 1 heterocycles. The second-order valence-electron chi connectivity index (χ2n) is 2.84. The molecule has 1 aliphatic carbocycles. The zero-order chi connectivity index (χ0) is 6.81. The number of rotatable bonds is 0. The summed E-state index contributed by atoms with van der Waals surface area (Å²) in [6, 6.07) is 0. The van der Waals surface area contributed by atoms with E-state index in [2.05, 4.69) is 23.2 Å². The molecule has 0 bridgehead atoms. The van der Waals surface area contributed by atoms with Gasteiger partial charge in [0.05, 0.1) is 0 Å². The van der Waals surface area contributed by atoms with Gasteiger partial charge < -0.3 is 0 Å². The van der Waals surface area contributed by atoms with E-state index < -0.39 is 0 Å². The third-order valence-electron chi connectivity index (χ3n) is 2.13. The zero-order valence-electron chi connectivity index (χ0n) is 5.96. The summed E-state index contributed by atoms with van der Waals surface area (Å²) in [5.74, 6) is 0.731. The summed E-state index contributed by atoms with van der Waals surface area (Å²) in [6.07, 6.45) is 12.1. The molecule has 1 unspecified atom stereocenters. The normalized spacial score (nSPS) is 29.6. The van der Waals surface area contributed by atoms with Crippen LogP contribution < -0.4 is 0 Å². The maximum Gasteiger partial charge on any atom is 0.0433 e. The number of hydrogen-bond donors (Lipinski definition) is 0. The van der Waals surface area contributed by atoms with Gasteiger partial charge in [-0.05, 0) is 25.3 Å². The molecule has 0 N–H and O–H groups in total. The van der Waals surface area contributed by atoms with Crippen molar-refractivity contribution in [3.05, 3.63) is 23.9 Å². The number of nitrogens with zero attached hydrogens (tertiary/aromatic N) is 1. The summed E-state index contributed by atoms with van der Waals surface area (Å²) < 4.78 is 0. The van der Waals surface area contributed by atoms with Crippen molar-refractivity contribution in [2.45, 2.75) is 19.3 Å². The smallest absolute Gasteiger partial charge is 0.0433 e. The Morgan fingerprint density at radius 1 is 1.50 bits per heavy atom. The highest BCUT2D eigenvalue weighted by atomic mass is 14.8. The highest BCUT2D eigenvalue weighted by Crippen LogP contribution is 2.28. The Morgan fingerprint density at radius 3 is 3.40 bits per heavy atom. The van der Waals surface area contributed by atoms with Crippen LogP contribution in [0, 0.1) is 5.92 Å². The van der Waals surface area contributed by atoms with Gasteiger partial charge in [-0.15, -0.1) is 0 Å². The highest BCUT2D eigenvalue weighted by molar-refractivity contribution is 5.61. The molecule has 2 aliphatic rings. The molecule has 10 heavy (non-hydrogen) atoms. The van der Waals surface area contributed by atoms with E-state index in [0.29, 0.717) is 0 Å². The molecule has 1 heteroatoms. The van der Waals surface area contributed by atoms with Crippen LogP contribution in [0.15, 0.2) is 28.9 Å². The maximum absolute atomic E-state index is 4.34. The predicted molar refractivity (Wildman–Crippen MR) is 43.1 cm³/mol. The third kappa shape index (κ3) is 0.919. The molecule has 0 saturated carbocycles. The first kappa shape index (κ1) is 5.90. The van der Waals surface area contributed by atoms with Crippen molar-refractivity contribution < 1.29 is 0 Å². The van der Waals surface area contributed by atoms with Crippen molar-refractivity contribution >= 4 is 6.21 Å². The lowest BCUT2D eigenvalue weighted by Gasteiger charge is -2.20. The van der Waals surface area contributed by atoms with E-state index in [1.165, 1.54) is 18.5 Å². The monoisotopic (exact) mass is 133 g/mol. The summed E-state index contributed by atoms with van der Waals surface area (Å²) in [7, 11) is 0. The Labute approximate surface area is 61.2 Å². The molecule has 0 aromatic rings. The van der Waals surface area contributed by atoms with Crippen molar-refractivity contribution in [2.75, 3.05) is 0 Å². The molecule has 0 saturated heterocycles. The minimum atomic E-state index is 0.731. The molecular formula is C9H11N. The van der Waals surface area contributed by atoms with E-state index >= 15 is 0 Å². The number of hydrogen-bond acceptors (Lipinski definition) is 1. The van der Waals surface area contributed by atoms with Crippen LogP contribution in [-0.2, 0) is 0 Å². The van der Waals surface area contributed by atoms with E-state index in [-0.39, 0.29) is 0 Å². The van der Waals surface area contributed by atoms with Crippen molar-refractivity contribution in [3.8, 4) is 0 Å². The summed E-state index contributed by atoms with van der Waals surface area (Å²) >= 11 is 0. The maximum atomic E-state index is 4.34. The summed E-state index contributed by atoms with van der Waals surface area (Å²) in [5, 5.41) is 0. The molecule has 2 rings (SSSR count). The first-order valence-corrected chi connectivity index (χ1v) is 3.86. The largest absolute Gasteiger partial charge is 0.265 e. The van der Waals surface area contributed by atoms with E-state index in [0.717, 1.165) is 12.3 Å². The molecule has 0 radical (unpaired) electrons. The fourth-order valence-electron chi connectivity index (χ4n) is 1.53. The van der Waals surface area contributed by atoms with Gasteiger partial charge in [0.2, 0.25) is 0 Å². The Hall–Kier alpha value is -0.850. The molecule has 0 fully saturated rings. The van der Waals surface area contributed by atoms with Gasteiger partial charge in [0, 0.05) is 17.8 Å². The van der Waals surface area contributed by atoms with E-state index in [9.17, 15) is 0 Å². The van der Waals surface area contributed by atoms with Gasteiger partial charge in [-0.2, -0.15) is 0 Å². The first-order chi connectivity index (χ1) is 4.97. The van der Waals surface area contributed by atoms with Crippen LogP contribution in [0.25, 0.3) is 0 Å². The van der Waals surface area contributed by atoms with Gasteiger partial charge in [-0.25, -0.2) is 0 Å². The van der Waals surface area contributed by atoms with Crippen LogP contribution in [0.3, 0.4) is 0 Å². The summed E-state index contributed by atoms with van der Waals surface area (Å²) in [5.41, 5.74) is 1.29. The van der Waals surface area contributed by atoms with Crippen molar-refractivity contribution in [1.29, 1.82) is 0 Å². The topological polar surface area (TPSA) is 12.4 Å². The van der Waals surface area contributed by atoms with Crippen LogP contribution in [-0.4, -0.2) is 6.21 Å². The fourth-order valence-corrected chi connectivity index (χ4v) is 1.53. The molecule has 1 atom stereocenters. The minimum absolute atomic E-state index is 0.731. The quantitative estimate of drug-likeness (QED) is 0.481. The van der Waals surface area contributed by atoms with Crippen LogP contribution in [0.2, 0.25) is 0 Å². The van der Waals surface area contributed by atoms with Crippen molar-refractivity contribution in [2.24, 2.45) is 10.9 Å². The van der Waals surface area contributed by atoms with E-state index in [1.54, 1.807) is 0 Å². The highest BCUT2D eigenvalue weighted by Gasteiger charge is 2.15. The van der Waals surface area contributed by atoms with Gasteiger partial charge in [-0.3, -0.25) is 4.99 Å². The molecular weight excluding hydrogens is 122 g/mol. The molecule has 0 spiro atoms.